The molecule has 0 aromatic rings. The number of nitrogens with zero attached hydrogens (tertiary/aromatic N) is 2. The fourth-order valence-electron chi connectivity index (χ4n) is 0.411. The summed E-state index contributed by atoms with van der Waals surface area (Å²) in [5.74, 6) is -3.20. The van der Waals surface area contributed by atoms with E-state index in [2.05, 4.69) is 4.74 Å². The Labute approximate surface area is 115 Å². The molecule has 0 aliphatic rings. The van der Waals surface area contributed by atoms with Gasteiger partial charge in [0, 0.05) is 0 Å². The van der Waals surface area contributed by atoms with Crippen molar-refractivity contribution in [3.63, 3.8) is 0 Å². The van der Waals surface area contributed by atoms with Crippen LogP contribution in [-0.2, 0) is 4.74 Å². The smallest absolute Gasteiger partial charge is 0.604 e. The molecule has 0 aliphatic carbocycles. The van der Waals surface area contributed by atoms with Crippen molar-refractivity contribution in [3.05, 3.63) is 32.0 Å². The monoisotopic (exact) mass is 216 g/mol. The molecular weight excluding hydrogens is 211 g/mol. The van der Waals surface area contributed by atoms with Crippen LogP contribution in [0.25, 0.3) is 0 Å². The van der Waals surface area contributed by atoms with Gasteiger partial charge < -0.3 is 9.84 Å². The molecule has 0 heterocycles. The number of ether oxygens (including phenoxy) is 1. The van der Waals surface area contributed by atoms with Crippen LogP contribution in [0.15, 0.2) is 11.8 Å². The third-order valence-electron chi connectivity index (χ3n) is 0.804. The summed E-state index contributed by atoms with van der Waals surface area (Å²) in [5.41, 5.74) is 0. The van der Waals surface area contributed by atoms with E-state index in [4.69, 9.17) is 0 Å². The molecule has 9 heteroatoms. The summed E-state index contributed by atoms with van der Waals surface area (Å²) in [6, 6.07) is 0. The van der Waals surface area contributed by atoms with Gasteiger partial charge in [-0.25, -0.2) is 0 Å². The number of rotatable bonds is 4. The first-order valence-electron chi connectivity index (χ1n) is 2.83. The van der Waals surface area contributed by atoms with Gasteiger partial charge >= 0.3 is 57.2 Å². The predicted molar refractivity (Wildman–Crippen MR) is 32.6 cm³/mol. The van der Waals surface area contributed by atoms with Crippen LogP contribution in [0.3, 0.4) is 0 Å². The Hall–Kier alpha value is -0.224. The van der Waals surface area contributed by atoms with Gasteiger partial charge in [-0.05, 0) is 6.61 Å². The van der Waals surface area contributed by atoms with E-state index in [9.17, 15) is 25.3 Å². The molecule has 0 aliphatic heterocycles. The van der Waals surface area contributed by atoms with Crippen molar-refractivity contribution in [2.75, 3.05) is 6.61 Å². The molecule has 0 saturated heterocycles. The van der Waals surface area contributed by atoms with E-state index in [1.165, 1.54) is 6.92 Å². The van der Waals surface area contributed by atoms with Gasteiger partial charge in [0.2, 0.25) is 5.95 Å². The van der Waals surface area contributed by atoms with Crippen molar-refractivity contribution >= 4 is 0 Å². The predicted octanol–water partition coefficient (Wildman–Crippen LogP) is -3.93. The molecule has 0 aromatic heterocycles. The van der Waals surface area contributed by atoms with E-state index in [-0.39, 0.29) is 58.0 Å². The quantitative estimate of drug-likeness (QED) is 0.205. The first-order chi connectivity index (χ1) is 5.50. The Morgan fingerprint density at radius 2 is 1.69 bits per heavy atom. The molecule has 13 heavy (non-hydrogen) atoms. The third-order valence-corrected chi connectivity index (χ3v) is 0.804. The molecule has 8 nitrogen and oxygen atoms in total. The van der Waals surface area contributed by atoms with E-state index < -0.39 is 21.6 Å². The van der Waals surface area contributed by atoms with Gasteiger partial charge in [-0.3, -0.25) is 20.2 Å². The number of hydrogen-bond donors (Lipinski definition) is 0. The van der Waals surface area contributed by atoms with Crippen LogP contribution in [0.1, 0.15) is 6.92 Å². The normalized spacial score (nSPS) is 8.08. The molecule has 0 bridgehead atoms. The van der Waals surface area contributed by atoms with Crippen LogP contribution in [0, 0.1) is 20.2 Å². The standard InChI is InChI=1S/C4H6N2O6.K/c1-2-12-4(7)3(5(8)9)6(10)11;/h7H,2H2,1H3;/q;+1/p-1. The first-order valence-corrected chi connectivity index (χ1v) is 2.83. The van der Waals surface area contributed by atoms with Crippen molar-refractivity contribution in [1.29, 1.82) is 0 Å². The summed E-state index contributed by atoms with van der Waals surface area (Å²) in [5, 5.41) is 30.3. The summed E-state index contributed by atoms with van der Waals surface area (Å²) in [4.78, 5) is 17.0. The van der Waals surface area contributed by atoms with Crippen molar-refractivity contribution in [3.8, 4) is 0 Å². The topological polar surface area (TPSA) is 119 Å². The van der Waals surface area contributed by atoms with Crippen LogP contribution < -0.4 is 56.5 Å². The van der Waals surface area contributed by atoms with Crippen molar-refractivity contribution in [1.82, 2.24) is 0 Å². The van der Waals surface area contributed by atoms with Crippen LogP contribution in [0.4, 0.5) is 0 Å². The minimum Gasteiger partial charge on any atom is -0.604 e. The van der Waals surface area contributed by atoms with Crippen LogP contribution in [0.2, 0.25) is 0 Å². The molecule has 0 aromatic carbocycles. The van der Waals surface area contributed by atoms with Crippen molar-refractivity contribution in [2.45, 2.75) is 6.92 Å². The maximum absolute atomic E-state index is 10.5. The summed E-state index contributed by atoms with van der Waals surface area (Å²) in [7, 11) is 0. The second-order valence-electron chi connectivity index (χ2n) is 1.56. The molecule has 0 rings (SSSR count). The summed E-state index contributed by atoms with van der Waals surface area (Å²) in [6.45, 7) is 1.24. The van der Waals surface area contributed by atoms with Crippen molar-refractivity contribution < 1.29 is 71.1 Å². The summed E-state index contributed by atoms with van der Waals surface area (Å²) in [6.07, 6.45) is 0. The Morgan fingerprint density at radius 1 is 1.31 bits per heavy atom. The fraction of sp³-hybridized carbons (Fsp3) is 0.500. The number of hydrogen-bond acceptors (Lipinski definition) is 6. The van der Waals surface area contributed by atoms with E-state index in [1.54, 1.807) is 0 Å². The van der Waals surface area contributed by atoms with Gasteiger partial charge in [-0.1, -0.05) is 6.92 Å². The molecule has 0 spiro atoms. The Kier molecular flexibility index (Phi) is 8.46. The molecule has 0 amide bonds. The van der Waals surface area contributed by atoms with Crippen LogP contribution >= 0.6 is 0 Å². The van der Waals surface area contributed by atoms with Crippen LogP contribution in [-0.4, -0.2) is 16.5 Å². The zero-order chi connectivity index (χ0) is 9.72. The molecular formula is C4H5KN2O6. The average molecular weight is 216 g/mol. The van der Waals surface area contributed by atoms with E-state index >= 15 is 0 Å². The SMILES string of the molecule is CCOC([O-])=C([N+](=O)[O-])[N+](=O)[O-].[K+]. The zero-order valence-corrected chi connectivity index (χ0v) is 10.2. The van der Waals surface area contributed by atoms with Gasteiger partial charge in [0.05, 0.1) is 0 Å². The van der Waals surface area contributed by atoms with Crippen molar-refractivity contribution in [2.24, 2.45) is 0 Å². The second-order valence-corrected chi connectivity index (χ2v) is 1.56. The third kappa shape index (κ3) is 5.16. The zero-order valence-electron chi connectivity index (χ0n) is 7.05. The fourth-order valence-corrected chi connectivity index (χ4v) is 0.411. The molecule has 0 atom stereocenters. The van der Waals surface area contributed by atoms with Gasteiger partial charge in [0.1, 0.15) is 9.85 Å². The summed E-state index contributed by atoms with van der Waals surface area (Å²) < 4.78 is 4.07. The molecule has 68 valence electrons. The largest absolute Gasteiger partial charge is 1.00 e. The van der Waals surface area contributed by atoms with Gasteiger partial charge in [0.25, 0.3) is 0 Å². The minimum absolute atomic E-state index is 0. The van der Waals surface area contributed by atoms with E-state index in [1.807, 2.05) is 0 Å². The van der Waals surface area contributed by atoms with Gasteiger partial charge in [0.15, 0.2) is 0 Å². The summed E-state index contributed by atoms with van der Waals surface area (Å²) >= 11 is 0. The molecule has 0 N–H and O–H groups in total. The van der Waals surface area contributed by atoms with Gasteiger partial charge in [-0.15, -0.1) is 0 Å². The maximum Gasteiger partial charge on any atom is 1.00 e. The molecule has 0 saturated carbocycles. The van der Waals surface area contributed by atoms with E-state index in [0.717, 1.165) is 0 Å². The second kappa shape index (κ2) is 7.21. The minimum atomic E-state index is -1.67. The maximum atomic E-state index is 10.5. The van der Waals surface area contributed by atoms with Crippen LogP contribution in [0.5, 0.6) is 0 Å². The number of nitro groups is 2. The molecule has 0 fully saturated rings. The average Bonchev–Trinajstić information content (AvgIpc) is 1.85. The van der Waals surface area contributed by atoms with Gasteiger partial charge in [-0.2, -0.15) is 0 Å². The Morgan fingerprint density at radius 3 is 1.92 bits per heavy atom. The first kappa shape index (κ1) is 15.3. The Bertz CT molecular complexity index is 223. The molecule has 0 unspecified atom stereocenters. The Balaban J connectivity index is 0. The van der Waals surface area contributed by atoms with E-state index in [0.29, 0.717) is 0 Å². The molecule has 0 radical (unpaired) electrons.